The summed E-state index contributed by atoms with van der Waals surface area (Å²) in [7, 11) is 4.89. The van der Waals surface area contributed by atoms with E-state index in [0.717, 1.165) is 0 Å². The zero-order valence-electron chi connectivity index (χ0n) is 12.6. The molecule has 0 bridgehead atoms. The van der Waals surface area contributed by atoms with Crippen LogP contribution < -0.4 is 21.8 Å². The molecule has 8 heteroatoms. The van der Waals surface area contributed by atoms with Crippen LogP contribution in [0.2, 0.25) is 0 Å². The van der Waals surface area contributed by atoms with E-state index in [1.807, 2.05) is 0 Å². The van der Waals surface area contributed by atoms with Crippen molar-refractivity contribution in [3.05, 3.63) is 23.8 Å². The van der Waals surface area contributed by atoms with Crippen LogP contribution in [0.5, 0.6) is 5.75 Å². The Bertz CT molecular complexity index is 724. The lowest BCUT2D eigenvalue weighted by Crippen LogP contribution is -2.14. The molecule has 0 unspecified atom stereocenters. The van der Waals surface area contributed by atoms with Crippen LogP contribution in [0, 0.1) is 0 Å². The summed E-state index contributed by atoms with van der Waals surface area (Å²) in [6, 6.07) is 4.93. The van der Waals surface area contributed by atoms with Crippen LogP contribution in [-0.4, -0.2) is 42.0 Å². The number of carbonyl (C=O) groups is 1. The number of rotatable bonds is 5. The third-order valence-electron chi connectivity index (χ3n) is 3.42. The minimum Gasteiger partial charge on any atom is -0.505 e. The van der Waals surface area contributed by atoms with Gasteiger partial charge in [0.1, 0.15) is 17.1 Å². The second-order valence-electron chi connectivity index (χ2n) is 4.55. The van der Waals surface area contributed by atoms with Gasteiger partial charge in [-0.15, -0.1) is 0 Å². The fourth-order valence-corrected chi connectivity index (χ4v) is 2.49. The van der Waals surface area contributed by atoms with Gasteiger partial charge in [-0.05, 0) is 12.1 Å². The van der Waals surface area contributed by atoms with Crippen LogP contribution in [0.4, 0.5) is 17.2 Å². The number of aromatic nitrogens is 1. The van der Waals surface area contributed by atoms with Crippen LogP contribution in [-0.2, 0) is 0 Å². The number of benzene rings is 1. The van der Waals surface area contributed by atoms with E-state index in [1.165, 1.54) is 0 Å². The Kier molecular flexibility index (Phi) is 4.02. The number of hydrogen-bond acceptors (Lipinski definition) is 6. The number of para-hydroxylation sites is 1. The van der Waals surface area contributed by atoms with Crippen LogP contribution in [0.15, 0.2) is 18.2 Å². The van der Waals surface area contributed by atoms with Gasteiger partial charge >= 0.3 is 5.97 Å². The van der Waals surface area contributed by atoms with Crippen LogP contribution in [0.3, 0.4) is 0 Å². The topological polar surface area (TPSA) is 125 Å². The molecule has 1 heterocycles. The van der Waals surface area contributed by atoms with Crippen LogP contribution in [0.1, 0.15) is 10.4 Å². The largest absolute Gasteiger partial charge is 0.505 e. The lowest BCUT2D eigenvalue weighted by molar-refractivity contribution is 0.0699. The van der Waals surface area contributed by atoms with Gasteiger partial charge in [0, 0.05) is 26.7 Å². The molecule has 2 aromatic rings. The fraction of sp³-hybridized carbons (Fsp3) is 0.214. The van der Waals surface area contributed by atoms with E-state index in [-0.39, 0.29) is 17.0 Å². The molecule has 1 aromatic carbocycles. The highest BCUT2D eigenvalue weighted by molar-refractivity contribution is 6.05. The van der Waals surface area contributed by atoms with Crippen molar-refractivity contribution < 1.29 is 15.0 Å². The van der Waals surface area contributed by atoms with Crippen LogP contribution in [0.25, 0.3) is 11.3 Å². The molecule has 0 atom stereocenters. The Balaban J connectivity index is 2.91. The standard InChI is InChI=1S/C14H19N5O3/c1-16-10-9(14(21)22)13(17-2)19(18-3)11(10)7-5-4-6-8(15)12(7)20/h4-6,16-18,20H,15H2,1-3H3,(H,21,22). The minimum atomic E-state index is -1.09. The van der Waals surface area contributed by atoms with Crippen molar-refractivity contribution in [3.63, 3.8) is 0 Å². The number of phenolic OH excluding ortho intramolecular Hbond substituents is 1. The monoisotopic (exact) mass is 305 g/mol. The first kappa shape index (κ1) is 15.4. The van der Waals surface area contributed by atoms with E-state index in [0.29, 0.717) is 22.8 Å². The molecule has 0 saturated carbocycles. The summed E-state index contributed by atoms with van der Waals surface area (Å²) in [5, 5.41) is 25.5. The molecule has 0 radical (unpaired) electrons. The smallest absolute Gasteiger partial charge is 0.341 e. The summed E-state index contributed by atoms with van der Waals surface area (Å²) in [4.78, 5) is 11.6. The highest BCUT2D eigenvalue weighted by atomic mass is 16.4. The second kappa shape index (κ2) is 5.76. The number of nitrogens with one attached hydrogen (secondary N) is 3. The van der Waals surface area contributed by atoms with Gasteiger partial charge in [0.05, 0.1) is 17.1 Å². The molecule has 0 aliphatic carbocycles. The van der Waals surface area contributed by atoms with E-state index in [9.17, 15) is 15.0 Å². The summed E-state index contributed by atoms with van der Waals surface area (Å²) < 4.78 is 1.55. The lowest BCUT2D eigenvalue weighted by atomic mass is 10.1. The van der Waals surface area contributed by atoms with E-state index >= 15 is 0 Å². The summed E-state index contributed by atoms with van der Waals surface area (Å²) in [6.45, 7) is 0. The number of nitrogen functional groups attached to an aromatic ring is 1. The van der Waals surface area contributed by atoms with Crippen LogP contribution >= 0.6 is 0 Å². The first-order valence-corrected chi connectivity index (χ1v) is 6.60. The molecule has 22 heavy (non-hydrogen) atoms. The van der Waals surface area contributed by atoms with E-state index in [2.05, 4.69) is 16.1 Å². The Hall–Kier alpha value is -3.03. The summed E-state index contributed by atoms with van der Waals surface area (Å²) in [5.41, 5.74) is 10.2. The van der Waals surface area contributed by atoms with Crippen molar-refractivity contribution in [1.82, 2.24) is 4.68 Å². The third-order valence-corrected chi connectivity index (χ3v) is 3.42. The molecular formula is C14H19N5O3. The number of anilines is 3. The predicted octanol–water partition coefficient (Wildman–Crippen LogP) is 1.40. The Morgan fingerprint density at radius 2 is 1.91 bits per heavy atom. The maximum atomic E-state index is 11.6. The Morgan fingerprint density at radius 1 is 1.23 bits per heavy atom. The van der Waals surface area contributed by atoms with Crippen molar-refractivity contribution in [1.29, 1.82) is 0 Å². The van der Waals surface area contributed by atoms with Crippen molar-refractivity contribution in [3.8, 4) is 17.0 Å². The van der Waals surface area contributed by atoms with Gasteiger partial charge in [-0.1, -0.05) is 6.07 Å². The number of aromatic carboxylic acids is 1. The first-order chi connectivity index (χ1) is 10.5. The second-order valence-corrected chi connectivity index (χ2v) is 4.55. The van der Waals surface area contributed by atoms with Gasteiger partial charge in [-0.2, -0.15) is 0 Å². The van der Waals surface area contributed by atoms with Gasteiger partial charge in [0.2, 0.25) is 0 Å². The lowest BCUT2D eigenvalue weighted by Gasteiger charge is -2.14. The molecule has 0 amide bonds. The maximum Gasteiger partial charge on any atom is 0.341 e. The zero-order chi connectivity index (χ0) is 16.4. The SMILES string of the molecule is CNc1c(C(=O)O)c(NC)n(NC)c1-c1cccc(N)c1O. The number of aromatic hydroxyl groups is 1. The molecule has 2 rings (SSSR count). The van der Waals surface area contributed by atoms with Gasteiger partial charge in [0.15, 0.2) is 0 Å². The number of hydrogen-bond donors (Lipinski definition) is 6. The molecule has 0 spiro atoms. The number of carboxylic acid groups (broad SMARTS) is 1. The molecule has 0 fully saturated rings. The molecule has 8 nitrogen and oxygen atoms in total. The van der Waals surface area contributed by atoms with Gasteiger partial charge in [-0.3, -0.25) is 0 Å². The number of nitrogens with zero attached hydrogens (tertiary/aromatic N) is 1. The molecular weight excluding hydrogens is 286 g/mol. The van der Waals surface area contributed by atoms with E-state index in [1.54, 1.807) is 44.0 Å². The van der Waals surface area contributed by atoms with Gasteiger partial charge in [0.25, 0.3) is 0 Å². The first-order valence-electron chi connectivity index (χ1n) is 6.60. The Morgan fingerprint density at radius 3 is 2.41 bits per heavy atom. The number of phenols is 1. The summed E-state index contributed by atoms with van der Waals surface area (Å²) >= 11 is 0. The van der Waals surface area contributed by atoms with Crippen molar-refractivity contribution >= 4 is 23.2 Å². The highest BCUT2D eigenvalue weighted by Crippen LogP contribution is 2.43. The average Bonchev–Trinajstić information content (AvgIpc) is 2.83. The molecule has 118 valence electrons. The molecule has 7 N–H and O–H groups in total. The number of nitrogens with two attached hydrogens (primary N) is 1. The summed E-state index contributed by atoms with van der Waals surface area (Å²) in [6.07, 6.45) is 0. The van der Waals surface area contributed by atoms with E-state index < -0.39 is 5.97 Å². The van der Waals surface area contributed by atoms with Crippen molar-refractivity contribution in [2.45, 2.75) is 0 Å². The van der Waals surface area contributed by atoms with Gasteiger partial charge in [-0.25, -0.2) is 9.47 Å². The highest BCUT2D eigenvalue weighted by Gasteiger charge is 2.28. The maximum absolute atomic E-state index is 11.6. The third kappa shape index (κ3) is 2.14. The van der Waals surface area contributed by atoms with Crippen molar-refractivity contribution in [2.75, 3.05) is 42.9 Å². The minimum absolute atomic E-state index is 0.0659. The summed E-state index contributed by atoms with van der Waals surface area (Å²) in [5.74, 6) is -0.837. The molecule has 0 saturated heterocycles. The fourth-order valence-electron chi connectivity index (χ4n) is 2.49. The van der Waals surface area contributed by atoms with Crippen molar-refractivity contribution in [2.24, 2.45) is 0 Å². The molecule has 0 aliphatic rings. The van der Waals surface area contributed by atoms with E-state index in [4.69, 9.17) is 5.73 Å². The normalized spacial score (nSPS) is 10.3. The number of carboxylic acids is 1. The zero-order valence-corrected chi connectivity index (χ0v) is 12.6. The van der Waals surface area contributed by atoms with Gasteiger partial charge < -0.3 is 32.0 Å². The molecule has 0 aliphatic heterocycles. The average molecular weight is 305 g/mol. The quantitative estimate of drug-likeness (QED) is 0.364. The Labute approximate surface area is 127 Å². The predicted molar refractivity (Wildman–Crippen MR) is 87.3 cm³/mol. The molecule has 1 aromatic heterocycles.